The van der Waals surface area contributed by atoms with Gasteiger partial charge in [0, 0.05) is 5.57 Å². The fourth-order valence-corrected chi connectivity index (χ4v) is 7.42. The van der Waals surface area contributed by atoms with Gasteiger partial charge in [-0.05, 0) is 55.5 Å². The molecular formula is C19H33O2Si. The van der Waals surface area contributed by atoms with Gasteiger partial charge < -0.3 is 4.43 Å². The monoisotopic (exact) mass is 321 g/mol. The average Bonchev–Trinajstić information content (AvgIpc) is 2.53. The molecule has 0 atom stereocenters. The maximum absolute atomic E-state index is 12.1. The first-order chi connectivity index (χ1) is 10.5. The molecule has 0 saturated heterocycles. The second-order valence-corrected chi connectivity index (χ2v) is 10.4. The molecule has 2 fully saturated rings. The highest BCUT2D eigenvalue weighted by atomic mass is 28.3. The molecule has 2 aliphatic rings. The van der Waals surface area contributed by atoms with Crippen molar-refractivity contribution in [3.8, 4) is 0 Å². The minimum absolute atomic E-state index is 0.134. The zero-order chi connectivity index (χ0) is 16.1. The SMILES string of the molecule is C=C(C)C(=O)O[Si](C1CCCCC1)C1CCC(C(C)C)CC1. The van der Waals surface area contributed by atoms with Crippen LogP contribution in [0.1, 0.15) is 78.6 Å². The lowest BCUT2D eigenvalue weighted by molar-refractivity contribution is -0.130. The Hall–Kier alpha value is -0.573. The minimum Gasteiger partial charge on any atom is -0.514 e. The third kappa shape index (κ3) is 4.71. The van der Waals surface area contributed by atoms with E-state index in [1.54, 1.807) is 6.92 Å². The molecule has 0 bridgehead atoms. The summed E-state index contributed by atoms with van der Waals surface area (Å²) in [6.07, 6.45) is 11.8. The highest BCUT2D eigenvalue weighted by molar-refractivity contribution is 6.57. The van der Waals surface area contributed by atoms with E-state index in [0.29, 0.717) is 16.7 Å². The van der Waals surface area contributed by atoms with Crippen LogP contribution in [0.2, 0.25) is 11.1 Å². The highest BCUT2D eigenvalue weighted by Crippen LogP contribution is 2.44. The molecule has 0 spiro atoms. The van der Waals surface area contributed by atoms with E-state index < -0.39 is 9.04 Å². The van der Waals surface area contributed by atoms with Crippen molar-refractivity contribution >= 4 is 15.0 Å². The molecule has 125 valence electrons. The molecule has 0 aliphatic heterocycles. The molecule has 0 aromatic heterocycles. The molecule has 0 unspecified atom stereocenters. The summed E-state index contributed by atoms with van der Waals surface area (Å²) in [4.78, 5) is 12.1. The lowest BCUT2D eigenvalue weighted by Crippen LogP contribution is -2.36. The Morgan fingerprint density at radius 1 is 1.00 bits per heavy atom. The Morgan fingerprint density at radius 2 is 1.55 bits per heavy atom. The van der Waals surface area contributed by atoms with Crippen LogP contribution >= 0.6 is 0 Å². The van der Waals surface area contributed by atoms with Gasteiger partial charge in [-0.2, -0.15) is 0 Å². The van der Waals surface area contributed by atoms with Crippen LogP contribution in [0.15, 0.2) is 12.2 Å². The van der Waals surface area contributed by atoms with Crippen LogP contribution in [0.25, 0.3) is 0 Å². The van der Waals surface area contributed by atoms with Gasteiger partial charge in [-0.25, -0.2) is 4.79 Å². The predicted octanol–water partition coefficient (Wildman–Crippen LogP) is 5.65. The topological polar surface area (TPSA) is 26.3 Å². The number of rotatable bonds is 5. The summed E-state index contributed by atoms with van der Waals surface area (Å²) in [6.45, 7) is 10.2. The quantitative estimate of drug-likeness (QED) is 0.483. The van der Waals surface area contributed by atoms with E-state index in [2.05, 4.69) is 20.4 Å². The third-order valence-corrected chi connectivity index (χ3v) is 8.87. The van der Waals surface area contributed by atoms with Gasteiger partial charge in [-0.15, -0.1) is 0 Å². The van der Waals surface area contributed by atoms with E-state index in [9.17, 15) is 4.79 Å². The average molecular weight is 322 g/mol. The number of hydrogen-bond donors (Lipinski definition) is 0. The van der Waals surface area contributed by atoms with E-state index in [4.69, 9.17) is 4.43 Å². The lowest BCUT2D eigenvalue weighted by atomic mass is 9.81. The standard InChI is InChI=1S/C19H33O2Si/c1-14(2)16-10-12-18(13-11-16)22(21-19(20)15(3)4)17-8-6-5-7-9-17/h14,16-18H,3,5-13H2,1-2,4H3. The van der Waals surface area contributed by atoms with Crippen LogP contribution in [0, 0.1) is 11.8 Å². The highest BCUT2D eigenvalue weighted by Gasteiger charge is 2.39. The zero-order valence-electron chi connectivity index (χ0n) is 14.7. The van der Waals surface area contributed by atoms with Crippen LogP contribution < -0.4 is 0 Å². The summed E-state index contributed by atoms with van der Waals surface area (Å²) in [5.41, 5.74) is 1.92. The minimum atomic E-state index is -1.05. The third-order valence-electron chi connectivity index (χ3n) is 5.68. The largest absolute Gasteiger partial charge is 0.514 e. The molecule has 0 N–H and O–H groups in total. The lowest BCUT2D eigenvalue weighted by Gasteiger charge is -2.37. The van der Waals surface area contributed by atoms with Crippen molar-refractivity contribution in [2.45, 2.75) is 89.6 Å². The van der Waals surface area contributed by atoms with Gasteiger partial charge in [0.15, 0.2) is 0 Å². The summed E-state index contributed by atoms with van der Waals surface area (Å²) >= 11 is 0. The molecule has 22 heavy (non-hydrogen) atoms. The number of hydrogen-bond acceptors (Lipinski definition) is 2. The van der Waals surface area contributed by atoms with Gasteiger partial charge >= 0.3 is 5.97 Å². The number of carbonyl (C=O) groups is 1. The molecule has 0 aromatic rings. The second-order valence-electron chi connectivity index (χ2n) is 7.76. The smallest absolute Gasteiger partial charge is 0.319 e. The van der Waals surface area contributed by atoms with E-state index in [1.807, 2.05) is 0 Å². The van der Waals surface area contributed by atoms with Crippen LogP contribution in [-0.2, 0) is 9.22 Å². The molecule has 1 radical (unpaired) electrons. The van der Waals surface area contributed by atoms with Crippen LogP contribution in [0.4, 0.5) is 0 Å². The Balaban J connectivity index is 2.00. The van der Waals surface area contributed by atoms with Gasteiger partial charge in [0.2, 0.25) is 0 Å². The Bertz CT molecular complexity index is 377. The Morgan fingerprint density at radius 3 is 2.05 bits per heavy atom. The first-order valence-electron chi connectivity index (χ1n) is 9.23. The van der Waals surface area contributed by atoms with E-state index in [-0.39, 0.29) is 5.97 Å². The van der Waals surface area contributed by atoms with Crippen molar-refractivity contribution in [1.82, 2.24) is 0 Å². The van der Waals surface area contributed by atoms with Crippen LogP contribution in [0.3, 0.4) is 0 Å². The molecule has 2 aliphatic carbocycles. The normalized spacial score (nSPS) is 27.1. The molecule has 0 heterocycles. The molecule has 2 rings (SSSR count). The zero-order valence-corrected chi connectivity index (χ0v) is 15.7. The van der Waals surface area contributed by atoms with Gasteiger partial charge in [0.25, 0.3) is 9.04 Å². The molecule has 0 aromatic carbocycles. The fourth-order valence-electron chi connectivity index (χ4n) is 4.15. The summed E-state index contributed by atoms with van der Waals surface area (Å²) in [5.74, 6) is 1.54. The van der Waals surface area contributed by atoms with Crippen molar-refractivity contribution in [3.63, 3.8) is 0 Å². The Labute approximate surface area is 138 Å². The number of carbonyl (C=O) groups excluding carboxylic acids is 1. The van der Waals surface area contributed by atoms with E-state index in [0.717, 1.165) is 11.8 Å². The maximum atomic E-state index is 12.1. The fraction of sp³-hybridized carbons (Fsp3) is 0.842. The summed E-state index contributed by atoms with van der Waals surface area (Å²) in [5, 5.41) is 0. The van der Waals surface area contributed by atoms with Gasteiger partial charge in [-0.3, -0.25) is 0 Å². The van der Waals surface area contributed by atoms with Crippen molar-refractivity contribution in [2.24, 2.45) is 11.8 Å². The molecule has 3 heteroatoms. The predicted molar refractivity (Wildman–Crippen MR) is 94.0 cm³/mol. The molecule has 0 amide bonds. The van der Waals surface area contributed by atoms with Gasteiger partial charge in [0.1, 0.15) is 0 Å². The summed E-state index contributed by atoms with van der Waals surface area (Å²) in [6, 6.07) is 0. The summed E-state index contributed by atoms with van der Waals surface area (Å²) in [7, 11) is -1.05. The molecular weight excluding hydrogens is 288 g/mol. The molecule has 2 saturated carbocycles. The Kier molecular flexibility index (Phi) is 6.73. The van der Waals surface area contributed by atoms with Crippen molar-refractivity contribution in [2.75, 3.05) is 0 Å². The van der Waals surface area contributed by atoms with E-state index >= 15 is 0 Å². The van der Waals surface area contributed by atoms with Gasteiger partial charge in [0.05, 0.1) is 0 Å². The summed E-state index contributed by atoms with van der Waals surface area (Å²) < 4.78 is 6.05. The van der Waals surface area contributed by atoms with Crippen LogP contribution in [0.5, 0.6) is 0 Å². The van der Waals surface area contributed by atoms with Gasteiger partial charge in [-0.1, -0.05) is 52.5 Å². The van der Waals surface area contributed by atoms with Crippen LogP contribution in [-0.4, -0.2) is 15.0 Å². The molecule has 2 nitrogen and oxygen atoms in total. The van der Waals surface area contributed by atoms with Crippen molar-refractivity contribution in [3.05, 3.63) is 12.2 Å². The first kappa shape index (κ1) is 17.8. The second kappa shape index (κ2) is 8.33. The van der Waals surface area contributed by atoms with Crippen molar-refractivity contribution < 1.29 is 9.22 Å². The maximum Gasteiger partial charge on any atom is 0.319 e. The van der Waals surface area contributed by atoms with Crippen molar-refractivity contribution in [1.29, 1.82) is 0 Å². The van der Waals surface area contributed by atoms with E-state index in [1.165, 1.54) is 57.8 Å². The first-order valence-corrected chi connectivity index (χ1v) is 10.8.